The lowest BCUT2D eigenvalue weighted by Gasteiger charge is -2.15. The molecule has 11 heavy (non-hydrogen) atoms. The van der Waals surface area contributed by atoms with Crippen LogP contribution in [0.25, 0.3) is 0 Å². The van der Waals surface area contributed by atoms with E-state index in [-0.39, 0.29) is 1.43 Å². The molecule has 1 atom stereocenters. The fourth-order valence-corrected chi connectivity index (χ4v) is 0.422. The summed E-state index contributed by atoms with van der Waals surface area (Å²) in [5, 5.41) is 2.26. The van der Waals surface area contributed by atoms with Crippen LogP contribution in [0, 0.1) is 0 Å². The van der Waals surface area contributed by atoms with E-state index in [1.54, 1.807) is 6.92 Å². The molecule has 0 aromatic rings. The van der Waals surface area contributed by atoms with E-state index in [4.69, 9.17) is 0 Å². The highest BCUT2D eigenvalue weighted by Crippen LogP contribution is 2.18. The van der Waals surface area contributed by atoms with Gasteiger partial charge in [-0.05, 0) is 13.5 Å². The number of nitrogens with one attached hydrogen (secondary N) is 1. The maximum atomic E-state index is 11.6. The molecule has 1 nitrogen and oxygen atoms in total. The van der Waals surface area contributed by atoms with Gasteiger partial charge in [-0.1, -0.05) is 20.8 Å². The summed E-state index contributed by atoms with van der Waals surface area (Å²) in [6.45, 7) is 7.09. The SMILES string of the molecule is CC.CCN[C@@H](C)C(F)(F)F.[HH]. The minimum absolute atomic E-state index is 0. The first-order valence-electron chi connectivity index (χ1n) is 3.78. The third-order valence-corrected chi connectivity index (χ3v) is 1.00. The Bertz CT molecular complexity index is 85.2. The molecule has 0 radical (unpaired) electrons. The summed E-state index contributed by atoms with van der Waals surface area (Å²) in [6.07, 6.45) is -4.10. The van der Waals surface area contributed by atoms with E-state index in [1.807, 2.05) is 13.8 Å². The molecular formula is C7H18F3N. The number of hydrogen-bond acceptors (Lipinski definition) is 1. The van der Waals surface area contributed by atoms with Crippen molar-refractivity contribution in [2.45, 2.75) is 39.9 Å². The zero-order chi connectivity index (χ0) is 9.49. The van der Waals surface area contributed by atoms with Crippen LogP contribution in [0.3, 0.4) is 0 Å². The van der Waals surface area contributed by atoms with Crippen molar-refractivity contribution in [2.24, 2.45) is 0 Å². The molecule has 0 rings (SSSR count). The van der Waals surface area contributed by atoms with Crippen LogP contribution in [0.5, 0.6) is 0 Å². The molecule has 0 saturated carbocycles. The zero-order valence-electron chi connectivity index (χ0n) is 7.42. The molecule has 4 heteroatoms. The van der Waals surface area contributed by atoms with Crippen molar-refractivity contribution >= 4 is 0 Å². The van der Waals surface area contributed by atoms with Gasteiger partial charge in [-0.25, -0.2) is 0 Å². The maximum absolute atomic E-state index is 11.6. The largest absolute Gasteiger partial charge is 0.403 e. The fraction of sp³-hybridized carbons (Fsp3) is 1.00. The van der Waals surface area contributed by atoms with Crippen molar-refractivity contribution in [3.63, 3.8) is 0 Å². The Morgan fingerprint density at radius 2 is 1.73 bits per heavy atom. The van der Waals surface area contributed by atoms with Crippen LogP contribution in [-0.4, -0.2) is 18.8 Å². The molecule has 0 unspecified atom stereocenters. The minimum atomic E-state index is -4.10. The Morgan fingerprint density at radius 3 is 1.82 bits per heavy atom. The van der Waals surface area contributed by atoms with E-state index in [0.717, 1.165) is 6.92 Å². The van der Waals surface area contributed by atoms with E-state index in [2.05, 4.69) is 5.32 Å². The van der Waals surface area contributed by atoms with Gasteiger partial charge in [0.25, 0.3) is 0 Å². The molecule has 0 amide bonds. The van der Waals surface area contributed by atoms with Crippen LogP contribution >= 0.6 is 0 Å². The molecule has 0 aliphatic heterocycles. The van der Waals surface area contributed by atoms with Crippen molar-refractivity contribution < 1.29 is 14.6 Å². The van der Waals surface area contributed by atoms with Crippen LogP contribution in [0.2, 0.25) is 0 Å². The first-order chi connectivity index (χ1) is 4.98. The molecular weight excluding hydrogens is 155 g/mol. The second-order valence-electron chi connectivity index (χ2n) is 1.82. The Kier molecular flexibility index (Phi) is 7.84. The maximum Gasteiger partial charge on any atom is 0.403 e. The van der Waals surface area contributed by atoms with Gasteiger partial charge < -0.3 is 5.32 Å². The Labute approximate surface area is 67.5 Å². The summed E-state index contributed by atoms with van der Waals surface area (Å²) < 4.78 is 34.7. The molecule has 0 fully saturated rings. The van der Waals surface area contributed by atoms with E-state index in [9.17, 15) is 13.2 Å². The third-order valence-electron chi connectivity index (χ3n) is 1.00. The average Bonchev–Trinajstić information content (AvgIpc) is 1.91. The normalized spacial score (nSPS) is 13.4. The van der Waals surface area contributed by atoms with Crippen molar-refractivity contribution in [2.75, 3.05) is 6.54 Å². The molecule has 0 bridgehead atoms. The summed E-state index contributed by atoms with van der Waals surface area (Å²) in [7, 11) is 0. The van der Waals surface area contributed by atoms with E-state index in [0.29, 0.717) is 6.54 Å². The number of hydrogen-bond donors (Lipinski definition) is 1. The van der Waals surface area contributed by atoms with Gasteiger partial charge in [-0.2, -0.15) is 13.2 Å². The third kappa shape index (κ3) is 7.65. The number of halogens is 3. The summed E-state index contributed by atoms with van der Waals surface area (Å²) in [4.78, 5) is 0. The fourth-order valence-electron chi connectivity index (χ4n) is 0.422. The molecule has 1 N–H and O–H groups in total. The topological polar surface area (TPSA) is 12.0 Å². The minimum Gasteiger partial charge on any atom is -0.307 e. The summed E-state index contributed by atoms with van der Waals surface area (Å²) in [5.74, 6) is 0. The van der Waals surface area contributed by atoms with Crippen LogP contribution in [0.15, 0.2) is 0 Å². The Hall–Kier alpha value is -0.250. The van der Waals surface area contributed by atoms with E-state index in [1.165, 1.54) is 0 Å². The highest BCUT2D eigenvalue weighted by Gasteiger charge is 2.34. The highest BCUT2D eigenvalue weighted by atomic mass is 19.4. The average molecular weight is 173 g/mol. The number of alkyl halides is 3. The predicted octanol–water partition coefficient (Wildman–Crippen LogP) is 2.82. The van der Waals surface area contributed by atoms with Crippen LogP contribution < -0.4 is 5.32 Å². The quantitative estimate of drug-likeness (QED) is 0.677. The first kappa shape index (κ1) is 13.3. The van der Waals surface area contributed by atoms with Gasteiger partial charge in [0.15, 0.2) is 0 Å². The van der Waals surface area contributed by atoms with Crippen molar-refractivity contribution in [1.82, 2.24) is 5.32 Å². The monoisotopic (exact) mass is 173 g/mol. The Morgan fingerprint density at radius 1 is 1.36 bits per heavy atom. The number of rotatable bonds is 2. The summed E-state index contributed by atoms with van der Waals surface area (Å²) >= 11 is 0. The molecule has 72 valence electrons. The van der Waals surface area contributed by atoms with E-state index >= 15 is 0 Å². The first-order valence-corrected chi connectivity index (χ1v) is 3.78. The lowest BCUT2D eigenvalue weighted by Crippen LogP contribution is -2.39. The second-order valence-corrected chi connectivity index (χ2v) is 1.82. The lowest BCUT2D eigenvalue weighted by molar-refractivity contribution is -0.151. The smallest absolute Gasteiger partial charge is 0.307 e. The van der Waals surface area contributed by atoms with Gasteiger partial charge in [0.2, 0.25) is 0 Å². The Balaban J connectivity index is -0.000000249. The van der Waals surface area contributed by atoms with Crippen molar-refractivity contribution in [1.29, 1.82) is 0 Å². The van der Waals surface area contributed by atoms with Gasteiger partial charge >= 0.3 is 6.18 Å². The van der Waals surface area contributed by atoms with Crippen molar-refractivity contribution in [3.8, 4) is 0 Å². The molecule has 0 heterocycles. The zero-order valence-corrected chi connectivity index (χ0v) is 7.42. The van der Waals surface area contributed by atoms with Gasteiger partial charge in [0, 0.05) is 1.43 Å². The van der Waals surface area contributed by atoms with Gasteiger partial charge in [-0.3, -0.25) is 0 Å². The summed E-state index contributed by atoms with van der Waals surface area (Å²) in [6, 6.07) is -1.39. The van der Waals surface area contributed by atoms with Crippen LogP contribution in [0.4, 0.5) is 13.2 Å². The molecule has 0 saturated heterocycles. The van der Waals surface area contributed by atoms with Gasteiger partial charge in [-0.15, -0.1) is 0 Å². The van der Waals surface area contributed by atoms with Gasteiger partial charge in [0.1, 0.15) is 6.04 Å². The second kappa shape index (κ2) is 6.46. The molecule has 0 aromatic heterocycles. The standard InChI is InChI=1S/C5H10F3N.C2H6.H2/c1-3-9-4(2)5(6,7)8;1-2;/h4,9H,3H2,1-2H3;1-2H3;1H/t4-;;/m0../s1. The molecule has 0 spiro atoms. The molecule has 0 aliphatic carbocycles. The predicted molar refractivity (Wildman–Crippen MR) is 42.7 cm³/mol. The van der Waals surface area contributed by atoms with Crippen LogP contribution in [-0.2, 0) is 0 Å². The lowest BCUT2D eigenvalue weighted by atomic mass is 10.3. The highest BCUT2D eigenvalue weighted by molar-refractivity contribution is 4.67. The van der Waals surface area contributed by atoms with Crippen molar-refractivity contribution in [3.05, 3.63) is 0 Å². The molecule has 0 aliphatic rings. The summed E-state index contributed by atoms with van der Waals surface area (Å²) in [5.41, 5.74) is 0. The molecule has 0 aromatic carbocycles. The van der Waals surface area contributed by atoms with Gasteiger partial charge in [0.05, 0.1) is 0 Å². The van der Waals surface area contributed by atoms with E-state index < -0.39 is 12.2 Å². The van der Waals surface area contributed by atoms with Crippen LogP contribution in [0.1, 0.15) is 29.1 Å².